The molecule has 1 saturated carbocycles. The summed E-state index contributed by atoms with van der Waals surface area (Å²) in [7, 11) is 0. The van der Waals surface area contributed by atoms with Gasteiger partial charge >= 0.3 is 0 Å². The summed E-state index contributed by atoms with van der Waals surface area (Å²) < 4.78 is 1.14. The molecule has 1 amide bonds. The van der Waals surface area contributed by atoms with Crippen LogP contribution < -0.4 is 11.1 Å². The SMILES string of the molecule is NC1(CC(=O)NCCc2ccc(Br)s2)CCCCC1. The Bertz CT molecular complexity index is 427. The van der Waals surface area contributed by atoms with E-state index in [2.05, 4.69) is 27.3 Å². The van der Waals surface area contributed by atoms with Crippen LogP contribution in [0.1, 0.15) is 43.4 Å². The smallest absolute Gasteiger partial charge is 0.221 e. The minimum Gasteiger partial charge on any atom is -0.356 e. The number of carbonyl (C=O) groups excluding carboxylic acids is 1. The molecule has 0 radical (unpaired) electrons. The average molecular weight is 345 g/mol. The quantitative estimate of drug-likeness (QED) is 0.861. The predicted molar refractivity (Wildman–Crippen MR) is 83.4 cm³/mol. The van der Waals surface area contributed by atoms with Crippen molar-refractivity contribution in [1.82, 2.24) is 5.32 Å². The fourth-order valence-electron chi connectivity index (χ4n) is 2.63. The maximum atomic E-state index is 11.9. The molecule has 3 nitrogen and oxygen atoms in total. The third-order valence-corrected chi connectivity index (χ3v) is 5.37. The lowest BCUT2D eigenvalue weighted by atomic mass is 9.80. The predicted octanol–water partition coefficient (Wildman–Crippen LogP) is 3.22. The van der Waals surface area contributed by atoms with Crippen molar-refractivity contribution in [3.8, 4) is 0 Å². The number of thiophene rings is 1. The van der Waals surface area contributed by atoms with Gasteiger partial charge in [0, 0.05) is 23.4 Å². The van der Waals surface area contributed by atoms with Gasteiger partial charge in [-0.3, -0.25) is 4.79 Å². The highest BCUT2D eigenvalue weighted by Crippen LogP contribution is 2.28. The minimum absolute atomic E-state index is 0.0972. The van der Waals surface area contributed by atoms with E-state index in [0.29, 0.717) is 13.0 Å². The Morgan fingerprint density at radius 1 is 1.37 bits per heavy atom. The first-order chi connectivity index (χ1) is 9.07. The van der Waals surface area contributed by atoms with Crippen molar-refractivity contribution in [2.24, 2.45) is 5.73 Å². The second-order valence-electron chi connectivity index (χ2n) is 5.41. The second-order valence-corrected chi connectivity index (χ2v) is 7.95. The van der Waals surface area contributed by atoms with E-state index >= 15 is 0 Å². The van der Waals surface area contributed by atoms with Crippen molar-refractivity contribution in [2.45, 2.75) is 50.5 Å². The lowest BCUT2D eigenvalue weighted by Crippen LogP contribution is -2.46. The van der Waals surface area contributed by atoms with E-state index in [1.807, 2.05) is 6.07 Å². The van der Waals surface area contributed by atoms with Crippen LogP contribution in [0.4, 0.5) is 0 Å². The first-order valence-corrected chi connectivity index (χ1v) is 8.48. The highest BCUT2D eigenvalue weighted by molar-refractivity contribution is 9.11. The highest BCUT2D eigenvalue weighted by atomic mass is 79.9. The summed E-state index contributed by atoms with van der Waals surface area (Å²) in [6.07, 6.45) is 6.91. The van der Waals surface area contributed by atoms with Gasteiger partial charge in [0.05, 0.1) is 3.79 Å². The zero-order chi connectivity index (χ0) is 13.7. The molecule has 0 aromatic carbocycles. The molecule has 1 heterocycles. The summed E-state index contributed by atoms with van der Waals surface area (Å²) >= 11 is 5.16. The third-order valence-electron chi connectivity index (χ3n) is 3.68. The lowest BCUT2D eigenvalue weighted by Gasteiger charge is -2.32. The fraction of sp³-hybridized carbons (Fsp3) is 0.643. The van der Waals surface area contributed by atoms with Crippen molar-refractivity contribution in [3.05, 3.63) is 20.8 Å². The molecule has 19 heavy (non-hydrogen) atoms. The minimum atomic E-state index is -0.256. The van der Waals surface area contributed by atoms with Gasteiger partial charge in [-0.25, -0.2) is 0 Å². The number of amides is 1. The molecule has 0 bridgehead atoms. The number of nitrogens with two attached hydrogens (primary N) is 1. The number of carbonyl (C=O) groups is 1. The summed E-state index contributed by atoms with van der Waals surface area (Å²) in [5.41, 5.74) is 6.03. The van der Waals surface area contributed by atoms with E-state index in [9.17, 15) is 4.79 Å². The van der Waals surface area contributed by atoms with Crippen LogP contribution in [0.5, 0.6) is 0 Å². The van der Waals surface area contributed by atoms with Gasteiger partial charge in [-0.05, 0) is 47.3 Å². The van der Waals surface area contributed by atoms with Gasteiger partial charge in [0.15, 0.2) is 0 Å². The van der Waals surface area contributed by atoms with Crippen molar-refractivity contribution in [1.29, 1.82) is 0 Å². The average Bonchev–Trinajstić information content (AvgIpc) is 2.75. The lowest BCUT2D eigenvalue weighted by molar-refractivity contribution is -0.122. The Labute approximate surface area is 127 Å². The molecular weight excluding hydrogens is 324 g/mol. The topological polar surface area (TPSA) is 55.1 Å². The molecule has 0 saturated heterocycles. The summed E-state index contributed by atoms with van der Waals surface area (Å²) in [5, 5.41) is 2.99. The van der Waals surface area contributed by atoms with Crippen LogP contribution in [0.15, 0.2) is 15.9 Å². The van der Waals surface area contributed by atoms with Gasteiger partial charge in [0.1, 0.15) is 0 Å². The Hall–Kier alpha value is -0.390. The Morgan fingerprint density at radius 2 is 2.11 bits per heavy atom. The summed E-state index contributed by atoms with van der Waals surface area (Å²) in [6.45, 7) is 0.696. The number of hydrogen-bond acceptors (Lipinski definition) is 3. The monoisotopic (exact) mass is 344 g/mol. The van der Waals surface area contributed by atoms with Crippen molar-refractivity contribution in [2.75, 3.05) is 6.54 Å². The molecule has 1 aliphatic carbocycles. The van der Waals surface area contributed by atoms with E-state index in [4.69, 9.17) is 5.73 Å². The van der Waals surface area contributed by atoms with E-state index in [-0.39, 0.29) is 11.4 Å². The van der Waals surface area contributed by atoms with E-state index in [0.717, 1.165) is 35.9 Å². The molecule has 5 heteroatoms. The molecular formula is C14H21BrN2OS. The van der Waals surface area contributed by atoms with Crippen LogP contribution in [-0.4, -0.2) is 18.0 Å². The summed E-state index contributed by atoms with van der Waals surface area (Å²) in [4.78, 5) is 13.2. The molecule has 1 fully saturated rings. The largest absolute Gasteiger partial charge is 0.356 e. The number of halogens is 1. The standard InChI is InChI=1S/C14H21BrN2OS/c15-12-5-4-11(19-12)6-9-17-13(18)10-14(16)7-2-1-3-8-14/h4-5H,1-3,6-10,16H2,(H,17,18). The molecule has 106 valence electrons. The van der Waals surface area contributed by atoms with E-state index in [1.54, 1.807) is 11.3 Å². The molecule has 0 atom stereocenters. The Kier molecular flexibility index (Phi) is 5.42. The zero-order valence-electron chi connectivity index (χ0n) is 11.1. The first kappa shape index (κ1) is 15.0. The zero-order valence-corrected chi connectivity index (χ0v) is 13.5. The van der Waals surface area contributed by atoms with E-state index < -0.39 is 0 Å². The van der Waals surface area contributed by atoms with Crippen molar-refractivity contribution < 1.29 is 4.79 Å². The van der Waals surface area contributed by atoms with E-state index in [1.165, 1.54) is 11.3 Å². The van der Waals surface area contributed by atoms with Gasteiger partial charge in [-0.15, -0.1) is 11.3 Å². The fourth-order valence-corrected chi connectivity index (χ4v) is 4.11. The molecule has 0 spiro atoms. The molecule has 1 aliphatic rings. The van der Waals surface area contributed by atoms with Crippen LogP contribution in [0.25, 0.3) is 0 Å². The van der Waals surface area contributed by atoms with Crippen LogP contribution in [0.2, 0.25) is 0 Å². The van der Waals surface area contributed by atoms with Crippen LogP contribution in [0, 0.1) is 0 Å². The molecule has 1 aromatic heterocycles. The molecule has 0 aliphatic heterocycles. The molecule has 0 unspecified atom stereocenters. The normalized spacial score (nSPS) is 18.2. The second kappa shape index (κ2) is 6.86. The maximum Gasteiger partial charge on any atom is 0.221 e. The third kappa shape index (κ3) is 4.89. The maximum absolute atomic E-state index is 11.9. The molecule has 2 rings (SSSR count). The number of hydrogen-bond donors (Lipinski definition) is 2. The summed E-state index contributed by atoms with van der Waals surface area (Å²) in [6, 6.07) is 4.13. The van der Waals surface area contributed by atoms with Crippen LogP contribution >= 0.6 is 27.3 Å². The van der Waals surface area contributed by atoms with Gasteiger partial charge in [0.2, 0.25) is 5.91 Å². The van der Waals surface area contributed by atoms with Crippen molar-refractivity contribution >= 4 is 33.2 Å². The Balaban J connectivity index is 1.69. The van der Waals surface area contributed by atoms with Crippen LogP contribution in [-0.2, 0) is 11.2 Å². The van der Waals surface area contributed by atoms with Gasteiger partial charge in [-0.2, -0.15) is 0 Å². The Morgan fingerprint density at radius 3 is 2.74 bits per heavy atom. The van der Waals surface area contributed by atoms with Gasteiger partial charge in [0.25, 0.3) is 0 Å². The highest BCUT2D eigenvalue weighted by Gasteiger charge is 2.29. The molecule has 3 N–H and O–H groups in total. The number of rotatable bonds is 5. The van der Waals surface area contributed by atoms with Gasteiger partial charge in [-0.1, -0.05) is 19.3 Å². The number of nitrogens with one attached hydrogen (secondary N) is 1. The summed E-state index contributed by atoms with van der Waals surface area (Å²) in [5.74, 6) is 0.0972. The van der Waals surface area contributed by atoms with Gasteiger partial charge < -0.3 is 11.1 Å². The molecule has 1 aromatic rings. The van der Waals surface area contributed by atoms with Crippen molar-refractivity contribution in [3.63, 3.8) is 0 Å². The first-order valence-electron chi connectivity index (χ1n) is 6.87. The van der Waals surface area contributed by atoms with Crippen LogP contribution in [0.3, 0.4) is 0 Å².